The van der Waals surface area contributed by atoms with Crippen LogP contribution in [0.2, 0.25) is 0 Å². The van der Waals surface area contributed by atoms with E-state index in [0.29, 0.717) is 18.9 Å². The highest BCUT2D eigenvalue weighted by Gasteiger charge is 2.39. The lowest BCUT2D eigenvalue weighted by Crippen LogP contribution is -2.11. The van der Waals surface area contributed by atoms with Crippen LogP contribution in [0.25, 0.3) is 0 Å². The van der Waals surface area contributed by atoms with Crippen LogP contribution >= 0.6 is 0 Å². The van der Waals surface area contributed by atoms with Crippen LogP contribution < -0.4 is 0 Å². The number of carboxylic acids is 1. The molecule has 1 rings (SSSR count). The molecule has 0 aromatic heterocycles. The quantitative estimate of drug-likeness (QED) is 0.109. The fraction of sp³-hybridized carbons (Fsp3) is 0.650. The molecule has 0 radical (unpaired) electrons. The summed E-state index contributed by atoms with van der Waals surface area (Å²) < 4.78 is 5.61. The van der Waals surface area contributed by atoms with Crippen LogP contribution in [0, 0.1) is 0 Å². The van der Waals surface area contributed by atoms with E-state index in [1.807, 2.05) is 36.5 Å². The van der Waals surface area contributed by atoms with Crippen molar-refractivity contribution in [3.8, 4) is 0 Å². The summed E-state index contributed by atoms with van der Waals surface area (Å²) in [6.07, 6.45) is 19.8. The van der Waals surface area contributed by atoms with Crippen LogP contribution in [-0.2, 0) is 14.4 Å². The predicted octanol–water partition coefficient (Wildman–Crippen LogP) is 4.90. The van der Waals surface area contributed by atoms with Gasteiger partial charge in [-0.3, -0.25) is 10.1 Å². The lowest BCUT2D eigenvalue weighted by molar-refractivity contribution is -0.267. The van der Waals surface area contributed by atoms with E-state index in [1.54, 1.807) is 0 Å². The summed E-state index contributed by atoms with van der Waals surface area (Å²) >= 11 is 0. The molecule has 1 heterocycles. The van der Waals surface area contributed by atoms with Crippen LogP contribution in [0.5, 0.6) is 0 Å². The van der Waals surface area contributed by atoms with E-state index in [4.69, 9.17) is 15.1 Å². The lowest BCUT2D eigenvalue weighted by atomic mass is 10.1. The van der Waals surface area contributed by atoms with Gasteiger partial charge in [-0.15, -0.1) is 0 Å². The second kappa shape index (κ2) is 13.8. The molecule has 0 aromatic rings. The Balaban J connectivity index is 2.10. The Morgan fingerprint density at radius 2 is 2.00 bits per heavy atom. The molecule has 0 bridgehead atoms. The zero-order valence-corrected chi connectivity index (χ0v) is 15.2. The highest BCUT2D eigenvalue weighted by atomic mass is 17.1. The van der Waals surface area contributed by atoms with E-state index in [2.05, 4.69) is 11.8 Å². The monoisotopic (exact) mass is 352 g/mol. The molecule has 5 heteroatoms. The third kappa shape index (κ3) is 11.7. The lowest BCUT2D eigenvalue weighted by Gasteiger charge is -2.05. The van der Waals surface area contributed by atoms with Gasteiger partial charge in [0.2, 0.25) is 0 Å². The van der Waals surface area contributed by atoms with Gasteiger partial charge in [0.15, 0.2) is 0 Å². The fourth-order valence-electron chi connectivity index (χ4n) is 2.63. The van der Waals surface area contributed by atoms with Gasteiger partial charge in [0.25, 0.3) is 0 Å². The van der Waals surface area contributed by atoms with Gasteiger partial charge in [-0.1, -0.05) is 62.6 Å². The summed E-state index contributed by atoms with van der Waals surface area (Å²) in [5, 5.41) is 17.5. The Hall–Kier alpha value is -1.43. The van der Waals surface area contributed by atoms with Crippen LogP contribution in [0.1, 0.15) is 64.7 Å². The summed E-state index contributed by atoms with van der Waals surface area (Å²) in [4.78, 5) is 14.9. The zero-order valence-electron chi connectivity index (χ0n) is 15.2. The Morgan fingerprint density at radius 1 is 1.16 bits per heavy atom. The number of ether oxygens (including phenoxy) is 1. The number of rotatable bonds is 15. The summed E-state index contributed by atoms with van der Waals surface area (Å²) in [5.74, 6) is -0.747. The number of unbranched alkanes of at least 4 members (excludes halogenated alkanes) is 3. The molecule has 1 aliphatic heterocycles. The maximum atomic E-state index is 10.4. The van der Waals surface area contributed by atoms with E-state index < -0.39 is 5.97 Å². The third-order valence-electron chi connectivity index (χ3n) is 4.15. The van der Waals surface area contributed by atoms with E-state index in [0.717, 1.165) is 19.3 Å². The van der Waals surface area contributed by atoms with Gasteiger partial charge in [-0.25, -0.2) is 4.89 Å². The molecule has 1 fully saturated rings. The molecule has 0 aromatic carbocycles. The van der Waals surface area contributed by atoms with E-state index in [1.165, 1.54) is 19.3 Å². The molecule has 5 nitrogen and oxygen atoms in total. The van der Waals surface area contributed by atoms with E-state index in [-0.39, 0.29) is 18.6 Å². The van der Waals surface area contributed by atoms with Crippen molar-refractivity contribution in [3.05, 3.63) is 36.5 Å². The number of carbonyl (C=O) groups is 1. The largest absolute Gasteiger partial charge is 0.481 e. The first kappa shape index (κ1) is 21.6. The number of carboxylic acid groups (broad SMARTS) is 1. The summed E-state index contributed by atoms with van der Waals surface area (Å²) in [7, 11) is 0. The van der Waals surface area contributed by atoms with Crippen LogP contribution in [0.3, 0.4) is 0 Å². The third-order valence-corrected chi connectivity index (χ3v) is 4.15. The molecule has 0 saturated carbocycles. The zero-order chi connectivity index (χ0) is 18.3. The summed E-state index contributed by atoms with van der Waals surface area (Å²) in [6.45, 7) is 2.19. The van der Waals surface area contributed by atoms with Crippen molar-refractivity contribution < 1.29 is 24.8 Å². The minimum Gasteiger partial charge on any atom is -0.481 e. The first-order valence-corrected chi connectivity index (χ1v) is 9.33. The minimum absolute atomic E-state index is 0.205. The van der Waals surface area contributed by atoms with E-state index in [9.17, 15) is 4.79 Å². The van der Waals surface area contributed by atoms with Crippen molar-refractivity contribution >= 4 is 5.97 Å². The second-order valence-electron chi connectivity index (χ2n) is 6.39. The van der Waals surface area contributed by atoms with Gasteiger partial charge in [-0.2, -0.15) is 0 Å². The Bertz CT molecular complexity index is 441. The first-order chi connectivity index (χ1) is 12.2. The molecule has 142 valence electrons. The second-order valence-corrected chi connectivity index (χ2v) is 6.39. The average molecular weight is 352 g/mol. The molecular formula is C20H32O5. The highest BCUT2D eigenvalue weighted by Crippen LogP contribution is 2.31. The molecule has 1 saturated heterocycles. The molecule has 0 aliphatic carbocycles. The topological polar surface area (TPSA) is 79.3 Å². The van der Waals surface area contributed by atoms with Gasteiger partial charge in [0.05, 0.1) is 12.2 Å². The normalized spacial score (nSPS) is 21.5. The Kier molecular flexibility index (Phi) is 11.9. The molecule has 0 unspecified atom stereocenters. The first-order valence-electron chi connectivity index (χ1n) is 9.33. The van der Waals surface area contributed by atoms with Crippen molar-refractivity contribution in [3.63, 3.8) is 0 Å². The van der Waals surface area contributed by atoms with E-state index >= 15 is 0 Å². The highest BCUT2D eigenvalue weighted by molar-refractivity contribution is 5.66. The number of aliphatic carboxylic acids is 1. The molecule has 1 aliphatic rings. The Morgan fingerprint density at radius 3 is 2.72 bits per heavy atom. The number of hydrogen-bond acceptors (Lipinski definition) is 4. The maximum absolute atomic E-state index is 10.4. The molecule has 2 N–H and O–H groups in total. The average Bonchev–Trinajstić information content (AvgIpc) is 3.33. The van der Waals surface area contributed by atoms with Gasteiger partial charge < -0.3 is 9.84 Å². The molecule has 0 spiro atoms. The van der Waals surface area contributed by atoms with Crippen molar-refractivity contribution in [2.45, 2.75) is 83.0 Å². The Labute approximate surface area is 151 Å². The van der Waals surface area contributed by atoms with Gasteiger partial charge in [0, 0.05) is 12.8 Å². The summed E-state index contributed by atoms with van der Waals surface area (Å²) in [5.41, 5.74) is 0. The number of hydrogen-bond donors (Lipinski definition) is 2. The van der Waals surface area contributed by atoms with Crippen molar-refractivity contribution in [1.29, 1.82) is 0 Å². The van der Waals surface area contributed by atoms with Gasteiger partial charge in [0.1, 0.15) is 6.10 Å². The van der Waals surface area contributed by atoms with Crippen LogP contribution in [-0.4, -0.2) is 34.6 Å². The fourth-order valence-corrected chi connectivity index (χ4v) is 2.63. The number of epoxide rings is 1. The molecular weight excluding hydrogens is 320 g/mol. The molecule has 0 amide bonds. The van der Waals surface area contributed by atoms with Crippen molar-refractivity contribution in [2.24, 2.45) is 0 Å². The smallest absolute Gasteiger partial charge is 0.303 e. The van der Waals surface area contributed by atoms with Gasteiger partial charge in [-0.05, 0) is 25.7 Å². The molecule has 3 atom stereocenters. The molecule has 25 heavy (non-hydrogen) atoms. The standard InChI is InChI=1S/C20H32O5/c1-2-3-10-14-18-19(24-18)16-17(25-23)13-11-8-6-4-5-7-9-12-15-20(21)22/h5-8,11,13,17-19,23H,2-4,9-10,12,14-16H2,1H3,(H,21,22)/b7-5-,8-6-,13-11+/t17-,18+,19-/m1/s1. The van der Waals surface area contributed by atoms with Crippen LogP contribution in [0.15, 0.2) is 36.5 Å². The van der Waals surface area contributed by atoms with Gasteiger partial charge >= 0.3 is 5.97 Å². The SMILES string of the molecule is CCCCC[C@@H]1O[C@@H]1C[C@@H](/C=C/C=C\C/C=C\CCCC(=O)O)OO. The summed E-state index contributed by atoms with van der Waals surface area (Å²) in [6, 6.07) is 0. The number of allylic oxidation sites excluding steroid dienone is 5. The predicted molar refractivity (Wildman–Crippen MR) is 98.4 cm³/mol. The van der Waals surface area contributed by atoms with Crippen molar-refractivity contribution in [2.75, 3.05) is 0 Å². The maximum Gasteiger partial charge on any atom is 0.303 e. The minimum atomic E-state index is -0.747. The van der Waals surface area contributed by atoms with Crippen molar-refractivity contribution in [1.82, 2.24) is 0 Å². The van der Waals surface area contributed by atoms with Crippen LogP contribution in [0.4, 0.5) is 0 Å².